The Kier molecular flexibility index (Phi) is 4.98. The van der Waals surface area contributed by atoms with E-state index in [0.717, 1.165) is 7.57 Å². The van der Waals surface area contributed by atoms with Gasteiger partial charge in [0.05, 0.1) is 20.7 Å². The number of likely N-dealkylation sites (N-methyl/N-ethyl adjacent to an activating group) is 1. The standard InChI is InChI=1S/C12H12Br2N2O3S/c1-2-15-5-11(19)16(6-10(15)18)4-8(17)7-3-9(13)20-12(7)14/h3H,2,4-6H2,1H3. The Morgan fingerprint density at radius 1 is 1.25 bits per heavy atom. The normalized spacial score (nSPS) is 15.9. The van der Waals surface area contributed by atoms with E-state index >= 15 is 0 Å². The minimum absolute atomic E-state index is 0.0264. The summed E-state index contributed by atoms with van der Waals surface area (Å²) in [6, 6.07) is 1.71. The van der Waals surface area contributed by atoms with Gasteiger partial charge in [0.15, 0.2) is 5.78 Å². The summed E-state index contributed by atoms with van der Waals surface area (Å²) in [6.07, 6.45) is 0. The van der Waals surface area contributed by atoms with Gasteiger partial charge in [-0.3, -0.25) is 14.4 Å². The van der Waals surface area contributed by atoms with Crippen LogP contribution in [-0.2, 0) is 9.59 Å². The molecular weight excluding hydrogens is 412 g/mol. The smallest absolute Gasteiger partial charge is 0.243 e. The first kappa shape index (κ1) is 15.7. The maximum atomic E-state index is 12.2. The maximum Gasteiger partial charge on any atom is 0.243 e. The number of nitrogens with zero attached hydrogens (tertiary/aromatic N) is 2. The average Bonchev–Trinajstić information content (AvgIpc) is 2.72. The van der Waals surface area contributed by atoms with Gasteiger partial charge in [0.25, 0.3) is 0 Å². The zero-order chi connectivity index (χ0) is 14.9. The molecule has 5 nitrogen and oxygen atoms in total. The molecule has 0 aliphatic carbocycles. The zero-order valence-electron chi connectivity index (χ0n) is 10.7. The van der Waals surface area contributed by atoms with Crippen LogP contribution < -0.4 is 0 Å². The minimum Gasteiger partial charge on any atom is -0.332 e. The van der Waals surface area contributed by atoms with Crippen molar-refractivity contribution >= 4 is 60.8 Å². The SMILES string of the molecule is CCN1CC(=O)N(CC(=O)c2cc(Br)sc2Br)CC1=O. The number of piperazine rings is 1. The van der Waals surface area contributed by atoms with E-state index in [2.05, 4.69) is 31.9 Å². The molecule has 0 aromatic carbocycles. The maximum absolute atomic E-state index is 12.2. The van der Waals surface area contributed by atoms with Gasteiger partial charge in [-0.2, -0.15) is 0 Å². The Bertz CT molecular complexity index is 573. The van der Waals surface area contributed by atoms with Crippen LogP contribution in [0.3, 0.4) is 0 Å². The van der Waals surface area contributed by atoms with Crippen LogP contribution in [0.25, 0.3) is 0 Å². The number of carbonyl (C=O) groups excluding carboxylic acids is 3. The summed E-state index contributed by atoms with van der Waals surface area (Å²) < 4.78 is 1.56. The molecule has 1 aromatic heterocycles. The lowest BCUT2D eigenvalue weighted by Crippen LogP contribution is -2.54. The monoisotopic (exact) mass is 422 g/mol. The molecular formula is C12H12Br2N2O3S. The second-order valence-corrected chi connectivity index (χ2v) is 8.07. The lowest BCUT2D eigenvalue weighted by Gasteiger charge is -2.32. The van der Waals surface area contributed by atoms with Gasteiger partial charge < -0.3 is 9.80 Å². The van der Waals surface area contributed by atoms with Crippen LogP contribution in [0.4, 0.5) is 0 Å². The second-order valence-electron chi connectivity index (χ2n) is 4.32. The van der Waals surface area contributed by atoms with Gasteiger partial charge in [0.2, 0.25) is 11.8 Å². The summed E-state index contributed by atoms with van der Waals surface area (Å²) in [5, 5.41) is 0. The van der Waals surface area contributed by atoms with Crippen molar-refractivity contribution in [1.29, 1.82) is 0 Å². The molecule has 20 heavy (non-hydrogen) atoms. The fourth-order valence-electron chi connectivity index (χ4n) is 1.92. The number of amides is 2. The molecule has 1 fully saturated rings. The molecule has 1 aromatic rings. The Balaban J connectivity index is 2.07. The third-order valence-corrected chi connectivity index (χ3v) is 5.37. The Hall–Kier alpha value is -0.730. The van der Waals surface area contributed by atoms with Gasteiger partial charge in [-0.25, -0.2) is 0 Å². The highest BCUT2D eigenvalue weighted by molar-refractivity contribution is 9.12. The van der Waals surface area contributed by atoms with Gasteiger partial charge >= 0.3 is 0 Å². The van der Waals surface area contributed by atoms with E-state index in [-0.39, 0.29) is 37.2 Å². The van der Waals surface area contributed by atoms with Crippen molar-refractivity contribution in [3.05, 3.63) is 19.2 Å². The van der Waals surface area contributed by atoms with E-state index in [1.807, 2.05) is 6.92 Å². The van der Waals surface area contributed by atoms with Gasteiger partial charge in [0, 0.05) is 12.1 Å². The van der Waals surface area contributed by atoms with Crippen molar-refractivity contribution in [3.63, 3.8) is 0 Å². The van der Waals surface area contributed by atoms with Crippen molar-refractivity contribution in [1.82, 2.24) is 9.80 Å². The Morgan fingerprint density at radius 2 is 1.85 bits per heavy atom. The highest BCUT2D eigenvalue weighted by Crippen LogP contribution is 2.32. The molecule has 0 spiro atoms. The first-order valence-corrected chi connectivity index (χ1v) is 8.36. The molecule has 1 aliphatic rings. The van der Waals surface area contributed by atoms with E-state index < -0.39 is 0 Å². The molecule has 8 heteroatoms. The minimum atomic E-state index is -0.190. The van der Waals surface area contributed by atoms with Crippen LogP contribution in [0.15, 0.2) is 13.6 Å². The number of Topliss-reactive ketones (excluding diaryl/α,β-unsaturated/α-hetero) is 1. The van der Waals surface area contributed by atoms with E-state index in [1.165, 1.54) is 21.1 Å². The first-order chi connectivity index (χ1) is 9.42. The summed E-state index contributed by atoms with van der Waals surface area (Å²) >= 11 is 8.03. The second kappa shape index (κ2) is 6.36. The van der Waals surface area contributed by atoms with Crippen LogP contribution in [0, 0.1) is 0 Å². The number of rotatable bonds is 4. The number of hydrogen-bond acceptors (Lipinski definition) is 4. The fraction of sp³-hybridized carbons (Fsp3) is 0.417. The molecule has 2 rings (SSSR count). The van der Waals surface area contributed by atoms with Crippen molar-refractivity contribution in [2.24, 2.45) is 0 Å². The van der Waals surface area contributed by atoms with E-state index in [1.54, 1.807) is 6.07 Å². The molecule has 108 valence electrons. The number of ketones is 1. The largest absolute Gasteiger partial charge is 0.332 e. The highest BCUT2D eigenvalue weighted by atomic mass is 79.9. The first-order valence-electron chi connectivity index (χ1n) is 5.96. The molecule has 0 unspecified atom stereocenters. The van der Waals surface area contributed by atoms with Crippen LogP contribution >= 0.6 is 43.2 Å². The third-order valence-electron chi connectivity index (χ3n) is 3.03. The lowest BCUT2D eigenvalue weighted by molar-refractivity contribution is -0.149. The summed E-state index contributed by atoms with van der Waals surface area (Å²) in [7, 11) is 0. The van der Waals surface area contributed by atoms with E-state index in [4.69, 9.17) is 0 Å². The van der Waals surface area contributed by atoms with Crippen LogP contribution in [0.5, 0.6) is 0 Å². The third kappa shape index (κ3) is 3.29. The average molecular weight is 424 g/mol. The van der Waals surface area contributed by atoms with Crippen LogP contribution in [-0.4, -0.2) is 53.6 Å². The van der Waals surface area contributed by atoms with Gasteiger partial charge in [-0.05, 0) is 44.8 Å². The van der Waals surface area contributed by atoms with Crippen molar-refractivity contribution < 1.29 is 14.4 Å². The number of halogens is 2. The quantitative estimate of drug-likeness (QED) is 0.697. The Morgan fingerprint density at radius 3 is 2.40 bits per heavy atom. The van der Waals surface area contributed by atoms with E-state index in [0.29, 0.717) is 12.1 Å². The molecule has 0 bridgehead atoms. The highest BCUT2D eigenvalue weighted by Gasteiger charge is 2.30. The molecule has 2 heterocycles. The number of thiophene rings is 1. The summed E-state index contributed by atoms with van der Waals surface area (Å²) in [5.74, 6) is -0.486. The van der Waals surface area contributed by atoms with E-state index in [9.17, 15) is 14.4 Å². The van der Waals surface area contributed by atoms with Gasteiger partial charge in [-0.15, -0.1) is 11.3 Å². The van der Waals surface area contributed by atoms with Crippen LogP contribution in [0.1, 0.15) is 17.3 Å². The topological polar surface area (TPSA) is 57.7 Å². The summed E-state index contributed by atoms with van der Waals surface area (Å²) in [6.45, 7) is 2.30. The lowest BCUT2D eigenvalue weighted by atomic mass is 10.2. The predicted octanol–water partition coefficient (Wildman–Crippen LogP) is 2.15. The van der Waals surface area contributed by atoms with Crippen molar-refractivity contribution in [2.45, 2.75) is 6.92 Å². The van der Waals surface area contributed by atoms with Crippen molar-refractivity contribution in [3.8, 4) is 0 Å². The molecule has 1 saturated heterocycles. The molecule has 0 radical (unpaired) electrons. The van der Waals surface area contributed by atoms with Gasteiger partial charge in [-0.1, -0.05) is 0 Å². The fourth-order valence-corrected chi connectivity index (χ4v) is 4.78. The number of hydrogen-bond donors (Lipinski definition) is 0. The number of carbonyl (C=O) groups is 3. The predicted molar refractivity (Wildman–Crippen MR) is 82.9 cm³/mol. The van der Waals surface area contributed by atoms with Crippen LogP contribution in [0.2, 0.25) is 0 Å². The molecule has 0 N–H and O–H groups in total. The summed E-state index contributed by atoms with van der Waals surface area (Å²) in [4.78, 5) is 38.7. The van der Waals surface area contributed by atoms with Crippen molar-refractivity contribution in [2.75, 3.05) is 26.2 Å². The summed E-state index contributed by atoms with van der Waals surface area (Å²) in [5.41, 5.74) is 0.528. The van der Waals surface area contributed by atoms with Gasteiger partial charge in [0.1, 0.15) is 6.54 Å². The molecule has 0 saturated carbocycles. The zero-order valence-corrected chi connectivity index (χ0v) is 14.7. The molecule has 2 amide bonds. The molecule has 0 atom stereocenters. The molecule has 1 aliphatic heterocycles. The Labute approximate surface area is 137 Å².